The Labute approximate surface area is 151 Å². The molecule has 2 aromatic heterocycles. The number of furan rings is 1. The van der Waals surface area contributed by atoms with Gasteiger partial charge in [-0.3, -0.25) is 0 Å². The van der Waals surface area contributed by atoms with Gasteiger partial charge in [0.05, 0.1) is 20.5 Å². The Morgan fingerprint density at radius 1 is 1.25 bits per heavy atom. The molecule has 0 spiro atoms. The third-order valence-corrected chi connectivity index (χ3v) is 5.05. The zero-order chi connectivity index (χ0) is 17.1. The van der Waals surface area contributed by atoms with E-state index < -0.39 is 0 Å². The molecule has 1 aromatic carbocycles. The van der Waals surface area contributed by atoms with Gasteiger partial charge in [0.25, 0.3) is 0 Å². The molecule has 2 heterocycles. The van der Waals surface area contributed by atoms with Crippen molar-refractivity contribution in [2.75, 3.05) is 20.1 Å². The van der Waals surface area contributed by atoms with Crippen molar-refractivity contribution in [2.45, 2.75) is 10.9 Å². The van der Waals surface area contributed by atoms with E-state index in [4.69, 9.17) is 19.7 Å². The van der Waals surface area contributed by atoms with Gasteiger partial charge in [0.15, 0.2) is 17.3 Å². The lowest BCUT2D eigenvalue weighted by atomic mass is 10.2. The van der Waals surface area contributed by atoms with Gasteiger partial charge in [-0.2, -0.15) is 0 Å². The average molecular weight is 411 g/mol. The first-order chi connectivity index (χ1) is 11.6. The topological polar surface area (TPSA) is 88.3 Å². The second kappa shape index (κ2) is 7.18. The number of hydrogen-bond acceptors (Lipinski definition) is 7. The van der Waals surface area contributed by atoms with Crippen molar-refractivity contribution in [1.29, 1.82) is 0 Å². The van der Waals surface area contributed by atoms with E-state index >= 15 is 0 Å². The fourth-order valence-electron chi connectivity index (χ4n) is 2.10. The minimum absolute atomic E-state index is 0.480. The molecule has 126 valence electrons. The molecule has 0 aliphatic carbocycles. The lowest BCUT2D eigenvalue weighted by Crippen LogP contribution is -2.11. The summed E-state index contributed by atoms with van der Waals surface area (Å²) in [6.45, 7) is 0. The standard InChI is InChI=1S/C15H15BrN4O3S/c1-21-12-6-9(10(16)7-13(12)22-2)8-24-15-19-18-14(20(15)17)11-4-3-5-23-11/h3-7H,8,17H2,1-2H3. The number of ether oxygens (including phenoxy) is 2. The van der Waals surface area contributed by atoms with E-state index in [-0.39, 0.29) is 0 Å². The van der Waals surface area contributed by atoms with Crippen molar-refractivity contribution in [3.8, 4) is 23.1 Å². The van der Waals surface area contributed by atoms with E-state index in [1.807, 2.05) is 12.1 Å². The summed E-state index contributed by atoms with van der Waals surface area (Å²) < 4.78 is 18.2. The zero-order valence-electron chi connectivity index (χ0n) is 13.0. The predicted octanol–water partition coefficient (Wildman–Crippen LogP) is 3.32. The summed E-state index contributed by atoms with van der Waals surface area (Å²) in [5.41, 5.74) is 1.03. The quantitative estimate of drug-likeness (QED) is 0.492. The highest BCUT2D eigenvalue weighted by Crippen LogP contribution is 2.36. The van der Waals surface area contributed by atoms with E-state index in [0.29, 0.717) is 34.0 Å². The summed E-state index contributed by atoms with van der Waals surface area (Å²) in [6.07, 6.45) is 1.57. The molecule has 0 saturated carbocycles. The third-order valence-electron chi connectivity index (χ3n) is 3.32. The van der Waals surface area contributed by atoms with Crippen molar-refractivity contribution in [1.82, 2.24) is 14.9 Å². The maximum Gasteiger partial charge on any atom is 0.218 e. The molecule has 2 N–H and O–H groups in total. The number of nitrogen functional groups attached to an aromatic ring is 1. The van der Waals surface area contributed by atoms with Crippen molar-refractivity contribution in [3.63, 3.8) is 0 Å². The predicted molar refractivity (Wildman–Crippen MR) is 94.7 cm³/mol. The summed E-state index contributed by atoms with van der Waals surface area (Å²) >= 11 is 5.00. The van der Waals surface area contributed by atoms with Gasteiger partial charge in [-0.15, -0.1) is 10.2 Å². The number of methoxy groups -OCH3 is 2. The summed E-state index contributed by atoms with van der Waals surface area (Å²) in [5.74, 6) is 9.08. The lowest BCUT2D eigenvalue weighted by Gasteiger charge is -2.11. The second-order valence-corrected chi connectivity index (χ2v) is 6.54. The number of thioether (sulfide) groups is 1. The highest BCUT2D eigenvalue weighted by Gasteiger charge is 2.16. The molecule has 0 saturated heterocycles. The second-order valence-electron chi connectivity index (χ2n) is 4.74. The molecule has 0 fully saturated rings. The molecule has 3 aromatic rings. The Morgan fingerprint density at radius 2 is 2.00 bits per heavy atom. The molecule has 0 bridgehead atoms. The first-order valence-corrected chi connectivity index (χ1v) is 8.69. The van der Waals surface area contributed by atoms with Crippen molar-refractivity contribution < 1.29 is 13.9 Å². The maximum absolute atomic E-state index is 6.05. The minimum Gasteiger partial charge on any atom is -0.493 e. The molecular formula is C15H15BrN4O3S. The molecular weight excluding hydrogens is 396 g/mol. The van der Waals surface area contributed by atoms with Crippen molar-refractivity contribution in [2.24, 2.45) is 0 Å². The van der Waals surface area contributed by atoms with Crippen LogP contribution < -0.4 is 15.3 Å². The lowest BCUT2D eigenvalue weighted by molar-refractivity contribution is 0.354. The molecule has 0 atom stereocenters. The third kappa shape index (κ3) is 3.22. The summed E-state index contributed by atoms with van der Waals surface area (Å²) in [6, 6.07) is 7.35. The Bertz CT molecular complexity index is 836. The van der Waals surface area contributed by atoms with Gasteiger partial charge < -0.3 is 19.7 Å². The van der Waals surface area contributed by atoms with E-state index in [1.54, 1.807) is 32.6 Å². The monoisotopic (exact) mass is 410 g/mol. The molecule has 7 nitrogen and oxygen atoms in total. The highest BCUT2D eigenvalue weighted by molar-refractivity contribution is 9.10. The van der Waals surface area contributed by atoms with Crippen LogP contribution in [0.25, 0.3) is 11.6 Å². The van der Waals surface area contributed by atoms with E-state index in [9.17, 15) is 0 Å². The molecule has 24 heavy (non-hydrogen) atoms. The molecule has 0 radical (unpaired) electrons. The van der Waals surface area contributed by atoms with Crippen LogP contribution in [0.3, 0.4) is 0 Å². The van der Waals surface area contributed by atoms with Gasteiger partial charge in [0.2, 0.25) is 11.0 Å². The van der Waals surface area contributed by atoms with E-state index in [0.717, 1.165) is 10.0 Å². The number of aromatic nitrogens is 3. The van der Waals surface area contributed by atoms with Crippen LogP contribution in [0.1, 0.15) is 5.56 Å². The first-order valence-electron chi connectivity index (χ1n) is 6.91. The molecule has 0 aliphatic rings. The van der Waals surface area contributed by atoms with Crippen molar-refractivity contribution >= 4 is 27.7 Å². The number of nitrogens with zero attached hydrogens (tertiary/aromatic N) is 3. The molecule has 3 rings (SSSR count). The van der Waals surface area contributed by atoms with E-state index in [2.05, 4.69) is 26.1 Å². The van der Waals surface area contributed by atoms with Gasteiger partial charge >= 0.3 is 0 Å². The van der Waals surface area contributed by atoms with Gasteiger partial charge in [-0.1, -0.05) is 27.7 Å². The largest absolute Gasteiger partial charge is 0.493 e. The molecule has 0 amide bonds. The normalized spacial score (nSPS) is 10.8. The van der Waals surface area contributed by atoms with Gasteiger partial charge in [-0.05, 0) is 29.8 Å². The summed E-state index contributed by atoms with van der Waals surface area (Å²) in [4.78, 5) is 0. The van der Waals surface area contributed by atoms with Gasteiger partial charge in [0, 0.05) is 10.2 Å². The van der Waals surface area contributed by atoms with Crippen LogP contribution in [0, 0.1) is 0 Å². The number of hydrogen-bond donors (Lipinski definition) is 1. The Kier molecular flexibility index (Phi) is 5.00. The smallest absolute Gasteiger partial charge is 0.218 e. The fourth-order valence-corrected chi connectivity index (χ4v) is 3.59. The van der Waals surface area contributed by atoms with Crippen LogP contribution in [-0.2, 0) is 5.75 Å². The van der Waals surface area contributed by atoms with E-state index in [1.165, 1.54) is 16.4 Å². The van der Waals surface area contributed by atoms with Crippen LogP contribution in [0.15, 0.2) is 44.6 Å². The van der Waals surface area contributed by atoms with Gasteiger partial charge in [-0.25, -0.2) is 4.68 Å². The fraction of sp³-hybridized carbons (Fsp3) is 0.200. The minimum atomic E-state index is 0.480. The van der Waals surface area contributed by atoms with Crippen LogP contribution in [0.2, 0.25) is 0 Å². The van der Waals surface area contributed by atoms with Crippen LogP contribution >= 0.6 is 27.7 Å². The van der Waals surface area contributed by atoms with Crippen LogP contribution in [-0.4, -0.2) is 29.1 Å². The van der Waals surface area contributed by atoms with Gasteiger partial charge in [0.1, 0.15) is 0 Å². The number of halogens is 1. The molecule has 0 aliphatic heterocycles. The average Bonchev–Trinajstić information content (AvgIpc) is 3.23. The summed E-state index contributed by atoms with van der Waals surface area (Å²) in [5, 5.41) is 8.77. The molecule has 0 unspecified atom stereocenters. The Balaban J connectivity index is 1.79. The number of nitrogens with two attached hydrogens (primary N) is 1. The maximum atomic E-state index is 6.05. The first kappa shape index (κ1) is 16.7. The number of benzene rings is 1. The highest BCUT2D eigenvalue weighted by atomic mass is 79.9. The van der Waals surface area contributed by atoms with Crippen molar-refractivity contribution in [3.05, 3.63) is 40.6 Å². The summed E-state index contributed by atoms with van der Waals surface area (Å²) in [7, 11) is 3.21. The zero-order valence-corrected chi connectivity index (χ0v) is 15.4. The van der Waals surface area contributed by atoms with Crippen LogP contribution in [0.4, 0.5) is 0 Å². The SMILES string of the molecule is COc1cc(Br)c(CSc2nnc(-c3ccco3)n2N)cc1OC. The Hall–Kier alpha value is -2.13. The number of rotatable bonds is 6. The van der Waals surface area contributed by atoms with Crippen LogP contribution in [0.5, 0.6) is 11.5 Å². The molecule has 9 heteroatoms. The Morgan fingerprint density at radius 3 is 2.67 bits per heavy atom.